The smallest absolute Gasteiger partial charge is 0.258 e. The molecule has 8 nitrogen and oxygen atoms in total. The van der Waals surface area contributed by atoms with Gasteiger partial charge in [0.2, 0.25) is 17.6 Å². The molecular formula is C39H22Cl2F6N2O6. The summed E-state index contributed by atoms with van der Waals surface area (Å²) >= 11 is 14.1. The SMILES string of the molecule is O=C(c1ccccc1)c1ccc(N2C(=O)C3CC=C4C(CC5(Cl)C(=O)N(c6c(F)c(F)c(F)c(F)c6F)C(=O)C5(Cl)C4c4cccc(F)c4O)C3C2=O)cc1. The highest BCUT2D eigenvalue weighted by Crippen LogP contribution is 2.67. The third-order valence-electron chi connectivity index (χ3n) is 11.0. The molecular weight excluding hydrogens is 777 g/mol. The lowest BCUT2D eigenvalue weighted by molar-refractivity contribution is -0.125. The number of halogens is 8. The fraction of sp³-hybridized carbons (Fsp3) is 0.205. The van der Waals surface area contributed by atoms with E-state index < -0.39 is 115 Å². The predicted molar refractivity (Wildman–Crippen MR) is 183 cm³/mol. The van der Waals surface area contributed by atoms with Gasteiger partial charge in [-0.3, -0.25) is 28.9 Å². The second-order valence-electron chi connectivity index (χ2n) is 13.6. The number of aromatic hydroxyl groups is 1. The van der Waals surface area contributed by atoms with Crippen LogP contribution in [0, 0.1) is 52.7 Å². The van der Waals surface area contributed by atoms with Gasteiger partial charge in [0.15, 0.2) is 50.4 Å². The van der Waals surface area contributed by atoms with Crippen molar-refractivity contribution in [3.63, 3.8) is 0 Å². The highest BCUT2D eigenvalue weighted by molar-refractivity contribution is 6.58. The lowest BCUT2D eigenvalue weighted by atomic mass is 9.56. The first kappa shape index (κ1) is 36.5. The third kappa shape index (κ3) is 4.83. The van der Waals surface area contributed by atoms with Crippen LogP contribution in [0.1, 0.15) is 40.2 Å². The molecule has 0 aromatic heterocycles. The number of nitrogens with zero attached hydrogens (tertiary/aromatic N) is 2. The number of hydrogen-bond acceptors (Lipinski definition) is 6. The number of fused-ring (bicyclic) bond motifs is 4. The Bertz CT molecular complexity index is 2420. The first-order valence-electron chi connectivity index (χ1n) is 16.6. The summed E-state index contributed by atoms with van der Waals surface area (Å²) in [5, 5.41) is 11.0. The van der Waals surface area contributed by atoms with Crippen LogP contribution in [0.15, 0.2) is 84.4 Å². The van der Waals surface area contributed by atoms with Crippen molar-refractivity contribution in [3.05, 3.63) is 136 Å². The van der Waals surface area contributed by atoms with E-state index in [0.29, 0.717) is 5.56 Å². The van der Waals surface area contributed by atoms with Gasteiger partial charge in [0.05, 0.1) is 17.5 Å². The maximum Gasteiger partial charge on any atom is 0.258 e. The monoisotopic (exact) mass is 798 g/mol. The van der Waals surface area contributed by atoms with E-state index >= 15 is 8.78 Å². The van der Waals surface area contributed by atoms with Gasteiger partial charge in [0.25, 0.3) is 11.8 Å². The Hall–Kier alpha value is -5.47. The van der Waals surface area contributed by atoms with Crippen molar-refractivity contribution < 1.29 is 55.4 Å². The van der Waals surface area contributed by atoms with Crippen LogP contribution < -0.4 is 9.80 Å². The van der Waals surface area contributed by atoms with Crippen molar-refractivity contribution in [2.24, 2.45) is 17.8 Å². The lowest BCUT2D eigenvalue weighted by Crippen LogP contribution is -2.60. The average molecular weight is 800 g/mol. The quantitative estimate of drug-likeness (QED) is 0.0434. The molecule has 4 amide bonds. The van der Waals surface area contributed by atoms with Gasteiger partial charge in [-0.25, -0.2) is 31.2 Å². The van der Waals surface area contributed by atoms with Gasteiger partial charge in [-0.2, -0.15) is 0 Å². The Morgan fingerprint density at radius 3 is 1.93 bits per heavy atom. The van der Waals surface area contributed by atoms with Crippen LogP contribution in [0.3, 0.4) is 0 Å². The number of phenols is 1. The number of allylic oxidation sites excluding steroid dienone is 2. The van der Waals surface area contributed by atoms with E-state index in [1.165, 1.54) is 30.3 Å². The van der Waals surface area contributed by atoms with Crippen LogP contribution in [-0.2, 0) is 19.2 Å². The number of hydrogen-bond donors (Lipinski definition) is 1. The fourth-order valence-corrected chi connectivity index (χ4v) is 9.38. The maximum absolute atomic E-state index is 15.2. The summed E-state index contributed by atoms with van der Waals surface area (Å²) in [7, 11) is 0. The zero-order valence-electron chi connectivity index (χ0n) is 27.6. The van der Waals surface area contributed by atoms with E-state index in [2.05, 4.69) is 0 Å². The number of carbonyl (C=O) groups is 5. The topological polar surface area (TPSA) is 112 Å². The Morgan fingerprint density at radius 1 is 0.691 bits per heavy atom. The lowest BCUT2D eigenvalue weighted by Gasteiger charge is -2.50. The highest BCUT2D eigenvalue weighted by Gasteiger charge is 2.77. The third-order valence-corrected chi connectivity index (χ3v) is 12.4. The summed E-state index contributed by atoms with van der Waals surface area (Å²) in [5.41, 5.74) is -1.66. The molecule has 16 heteroatoms. The molecule has 6 atom stereocenters. The standard InChI is InChI=1S/C39H22Cl2F6N2O6/c40-38-15-22-19(13-14-20-24(22)35(53)48(34(20)52)18-11-9-17(10-12-18)32(50)16-5-2-1-3-6-16)25(21-7-4-8-23(42)33(21)51)39(38,41)37(55)49(36(38)54)31-29(46)27(44)26(43)28(45)30(31)47/h1-13,20,22,24-25,51H,14-15H2. The number of phenolic OH excluding ortho intramolecular Hbond substituents is 1. The molecule has 8 rings (SSSR count). The number of amides is 4. The van der Waals surface area contributed by atoms with Crippen LogP contribution in [0.5, 0.6) is 5.75 Å². The maximum atomic E-state index is 15.2. The van der Waals surface area contributed by atoms with Crippen molar-refractivity contribution in [1.82, 2.24) is 0 Å². The van der Waals surface area contributed by atoms with Crippen molar-refractivity contribution in [3.8, 4) is 5.75 Å². The molecule has 0 radical (unpaired) electrons. The van der Waals surface area contributed by atoms with Crippen LogP contribution >= 0.6 is 23.2 Å². The van der Waals surface area contributed by atoms with Crippen LogP contribution in [0.25, 0.3) is 0 Å². The Balaban J connectivity index is 1.24. The number of rotatable bonds is 5. The first-order chi connectivity index (χ1) is 26.1. The predicted octanol–water partition coefficient (Wildman–Crippen LogP) is 7.23. The molecule has 4 aromatic rings. The normalized spacial score (nSPS) is 27.2. The minimum Gasteiger partial charge on any atom is -0.505 e. The van der Waals surface area contributed by atoms with Crippen molar-refractivity contribution in [1.29, 1.82) is 0 Å². The number of para-hydroxylation sites is 1. The van der Waals surface area contributed by atoms with Gasteiger partial charge in [-0.15, -0.1) is 23.2 Å². The van der Waals surface area contributed by atoms with E-state index in [1.54, 1.807) is 30.3 Å². The second-order valence-corrected chi connectivity index (χ2v) is 14.9. The van der Waals surface area contributed by atoms with Gasteiger partial charge in [0, 0.05) is 22.6 Å². The first-order valence-corrected chi connectivity index (χ1v) is 17.3. The Morgan fingerprint density at radius 2 is 1.29 bits per heavy atom. The molecule has 2 saturated heterocycles. The molecule has 2 heterocycles. The molecule has 2 aliphatic heterocycles. The van der Waals surface area contributed by atoms with Gasteiger partial charge in [-0.05, 0) is 49.1 Å². The van der Waals surface area contributed by atoms with Crippen LogP contribution in [-0.4, -0.2) is 44.3 Å². The van der Waals surface area contributed by atoms with Gasteiger partial charge >= 0.3 is 0 Å². The number of anilines is 2. The number of imide groups is 2. The molecule has 280 valence electrons. The number of ketones is 1. The molecule has 3 fully saturated rings. The van der Waals surface area contributed by atoms with Crippen LogP contribution in [0.4, 0.5) is 37.7 Å². The van der Waals surface area contributed by atoms with Crippen LogP contribution in [0.2, 0.25) is 0 Å². The van der Waals surface area contributed by atoms with E-state index in [0.717, 1.165) is 23.1 Å². The van der Waals surface area contributed by atoms with Gasteiger partial charge in [-0.1, -0.05) is 54.1 Å². The molecule has 0 spiro atoms. The molecule has 4 aliphatic rings. The minimum absolute atomic E-state index is 0.0284. The Labute approximate surface area is 316 Å². The zero-order valence-corrected chi connectivity index (χ0v) is 29.1. The van der Waals surface area contributed by atoms with Crippen molar-refractivity contribution in [2.45, 2.75) is 28.5 Å². The molecule has 0 bridgehead atoms. The summed E-state index contributed by atoms with van der Waals surface area (Å²) < 4.78 is 88.4. The molecule has 6 unspecified atom stereocenters. The van der Waals surface area contributed by atoms with Gasteiger partial charge < -0.3 is 5.11 Å². The summed E-state index contributed by atoms with van der Waals surface area (Å²) in [4.78, 5) is 64.7. The van der Waals surface area contributed by atoms with Crippen molar-refractivity contribution >= 4 is 64.0 Å². The molecule has 55 heavy (non-hydrogen) atoms. The van der Waals surface area contributed by atoms with E-state index in [9.17, 15) is 46.6 Å². The number of benzene rings is 4. The molecule has 1 N–H and O–H groups in total. The highest BCUT2D eigenvalue weighted by atomic mass is 35.5. The van der Waals surface area contributed by atoms with Crippen molar-refractivity contribution in [2.75, 3.05) is 9.80 Å². The summed E-state index contributed by atoms with van der Waals surface area (Å²) in [6.07, 6.45) is 0.447. The largest absolute Gasteiger partial charge is 0.505 e. The summed E-state index contributed by atoms with van der Waals surface area (Å²) in [5.74, 6) is -25.8. The zero-order chi connectivity index (χ0) is 39.5. The minimum atomic E-state index is -2.93. The van der Waals surface area contributed by atoms with E-state index in [4.69, 9.17) is 23.2 Å². The number of carbonyl (C=O) groups excluding carboxylic acids is 5. The Kier molecular flexibility index (Phi) is 8.32. The summed E-state index contributed by atoms with van der Waals surface area (Å²) in [6.45, 7) is 0. The average Bonchev–Trinajstić information content (AvgIpc) is 3.52. The number of alkyl halides is 2. The van der Waals surface area contributed by atoms with E-state index in [1.807, 2.05) is 0 Å². The molecule has 2 aliphatic carbocycles. The molecule has 4 aromatic carbocycles. The fourth-order valence-electron chi connectivity index (χ4n) is 8.45. The van der Waals surface area contributed by atoms with Gasteiger partial charge in [0.1, 0.15) is 5.69 Å². The van der Waals surface area contributed by atoms with E-state index in [-0.39, 0.29) is 33.9 Å². The summed E-state index contributed by atoms with van der Waals surface area (Å²) in [6, 6.07) is 17.0. The second kappa shape index (κ2) is 12.5. The molecule has 1 saturated carbocycles.